The third-order valence-corrected chi connectivity index (χ3v) is 2.76. The van der Waals surface area contributed by atoms with Crippen molar-refractivity contribution in [2.45, 2.75) is 26.4 Å². The van der Waals surface area contributed by atoms with Gasteiger partial charge in [-0.1, -0.05) is 42.5 Å². The van der Waals surface area contributed by atoms with Crippen molar-refractivity contribution in [3.63, 3.8) is 0 Å². The van der Waals surface area contributed by atoms with Gasteiger partial charge in [-0.2, -0.15) is 0 Å². The highest BCUT2D eigenvalue weighted by Crippen LogP contribution is 2.21. The summed E-state index contributed by atoms with van der Waals surface area (Å²) in [6.07, 6.45) is 0.463. The first kappa shape index (κ1) is 13.3. The molecule has 0 atom stereocenters. The number of Topliss-reactive ketones (excluding diaryl/α,β-unsaturated/α-hetero) is 1. The molecule has 2 aromatic rings. The first-order valence-electron chi connectivity index (χ1n) is 6.49. The first-order chi connectivity index (χ1) is 9.16. The Balaban J connectivity index is 2.19. The second kappa shape index (κ2) is 6.19. The molecule has 0 fully saturated rings. The highest BCUT2D eigenvalue weighted by atomic mass is 16.5. The Kier molecular flexibility index (Phi) is 4.35. The Morgan fingerprint density at radius 2 is 1.63 bits per heavy atom. The maximum absolute atomic E-state index is 12.3. The molecule has 0 saturated heterocycles. The van der Waals surface area contributed by atoms with Gasteiger partial charge >= 0.3 is 0 Å². The van der Waals surface area contributed by atoms with Crippen molar-refractivity contribution in [1.29, 1.82) is 0 Å². The van der Waals surface area contributed by atoms with Gasteiger partial charge in [-0.15, -0.1) is 0 Å². The smallest absolute Gasteiger partial charge is 0.170 e. The number of ketones is 1. The first-order valence-corrected chi connectivity index (χ1v) is 6.49. The summed E-state index contributed by atoms with van der Waals surface area (Å²) in [5, 5.41) is 0. The molecule has 0 bridgehead atoms. The molecule has 0 radical (unpaired) electrons. The van der Waals surface area contributed by atoms with Gasteiger partial charge in [0, 0.05) is 6.42 Å². The van der Waals surface area contributed by atoms with Crippen LogP contribution in [0, 0.1) is 0 Å². The van der Waals surface area contributed by atoms with E-state index in [1.165, 1.54) is 0 Å². The summed E-state index contributed by atoms with van der Waals surface area (Å²) in [6, 6.07) is 17.2. The number of hydrogen-bond donors (Lipinski definition) is 0. The summed E-state index contributed by atoms with van der Waals surface area (Å²) in [7, 11) is 0. The second-order valence-corrected chi connectivity index (χ2v) is 4.75. The topological polar surface area (TPSA) is 26.3 Å². The molecule has 0 unspecified atom stereocenters. The van der Waals surface area contributed by atoms with E-state index in [0.717, 1.165) is 5.56 Å². The van der Waals surface area contributed by atoms with Crippen LogP contribution in [-0.4, -0.2) is 11.9 Å². The zero-order valence-corrected chi connectivity index (χ0v) is 11.3. The van der Waals surface area contributed by atoms with Crippen molar-refractivity contribution in [3.05, 3.63) is 65.7 Å². The van der Waals surface area contributed by atoms with Crippen LogP contribution in [0.25, 0.3) is 0 Å². The van der Waals surface area contributed by atoms with E-state index in [9.17, 15) is 4.79 Å². The summed E-state index contributed by atoms with van der Waals surface area (Å²) in [5.74, 6) is 0.751. The highest BCUT2D eigenvalue weighted by Gasteiger charge is 2.13. The number of carbonyl (C=O) groups excluding carboxylic acids is 1. The largest absolute Gasteiger partial charge is 0.490 e. The lowest BCUT2D eigenvalue weighted by Gasteiger charge is -2.13. The van der Waals surface area contributed by atoms with Crippen LogP contribution in [0.3, 0.4) is 0 Å². The molecule has 2 rings (SSSR count). The predicted octanol–water partition coefficient (Wildman–Crippen LogP) is 3.90. The summed E-state index contributed by atoms with van der Waals surface area (Å²) in [5.41, 5.74) is 1.67. The molecule has 2 nitrogen and oxygen atoms in total. The molecule has 0 N–H and O–H groups in total. The van der Waals surface area contributed by atoms with Crippen molar-refractivity contribution in [2.75, 3.05) is 0 Å². The van der Waals surface area contributed by atoms with Crippen LogP contribution in [0.2, 0.25) is 0 Å². The molecule has 2 heteroatoms. The van der Waals surface area contributed by atoms with E-state index in [0.29, 0.717) is 17.7 Å². The SMILES string of the molecule is CC(C)Oc1ccccc1C(=O)Cc1ccccc1. The summed E-state index contributed by atoms with van der Waals surface area (Å²) < 4.78 is 5.68. The Bertz CT molecular complexity index is 544. The number of benzene rings is 2. The Labute approximate surface area is 114 Å². The zero-order valence-electron chi connectivity index (χ0n) is 11.3. The zero-order chi connectivity index (χ0) is 13.7. The Morgan fingerprint density at radius 3 is 2.32 bits per heavy atom. The Morgan fingerprint density at radius 1 is 1.00 bits per heavy atom. The van der Waals surface area contributed by atoms with Crippen molar-refractivity contribution in [2.24, 2.45) is 0 Å². The molecule has 0 heterocycles. The molecule has 0 saturated carbocycles. The quantitative estimate of drug-likeness (QED) is 0.756. The summed E-state index contributed by atoms with van der Waals surface area (Å²) in [6.45, 7) is 3.91. The molecule has 2 aromatic carbocycles. The lowest BCUT2D eigenvalue weighted by molar-refractivity contribution is 0.0987. The minimum absolute atomic E-state index is 0.0608. The standard InChI is InChI=1S/C17H18O2/c1-13(2)19-17-11-7-6-10-15(17)16(18)12-14-8-4-3-5-9-14/h3-11,13H,12H2,1-2H3. The third-order valence-electron chi connectivity index (χ3n) is 2.76. The van der Waals surface area contributed by atoms with Crippen LogP contribution in [0.15, 0.2) is 54.6 Å². The van der Waals surface area contributed by atoms with Gasteiger partial charge in [0.25, 0.3) is 0 Å². The fourth-order valence-corrected chi connectivity index (χ4v) is 1.93. The van der Waals surface area contributed by atoms with Gasteiger partial charge in [0.05, 0.1) is 11.7 Å². The van der Waals surface area contributed by atoms with E-state index in [4.69, 9.17) is 4.74 Å². The van der Waals surface area contributed by atoms with Gasteiger partial charge in [-0.25, -0.2) is 0 Å². The van der Waals surface area contributed by atoms with Gasteiger partial charge in [-0.05, 0) is 31.5 Å². The van der Waals surface area contributed by atoms with Crippen LogP contribution in [0.4, 0.5) is 0 Å². The molecule has 0 aromatic heterocycles. The van der Waals surface area contributed by atoms with Crippen molar-refractivity contribution >= 4 is 5.78 Å². The van der Waals surface area contributed by atoms with Gasteiger partial charge in [0.1, 0.15) is 5.75 Å². The van der Waals surface area contributed by atoms with E-state index < -0.39 is 0 Å². The van der Waals surface area contributed by atoms with Crippen molar-refractivity contribution in [3.8, 4) is 5.75 Å². The maximum Gasteiger partial charge on any atom is 0.170 e. The molecule has 0 spiro atoms. The third kappa shape index (κ3) is 3.68. The maximum atomic E-state index is 12.3. The van der Waals surface area contributed by atoms with Gasteiger partial charge in [-0.3, -0.25) is 4.79 Å². The molecule has 98 valence electrons. The van der Waals surface area contributed by atoms with Crippen LogP contribution in [0.5, 0.6) is 5.75 Å². The number of rotatable bonds is 5. The van der Waals surface area contributed by atoms with E-state index in [-0.39, 0.29) is 11.9 Å². The monoisotopic (exact) mass is 254 g/mol. The molecule has 19 heavy (non-hydrogen) atoms. The average molecular weight is 254 g/mol. The second-order valence-electron chi connectivity index (χ2n) is 4.75. The summed E-state index contributed by atoms with van der Waals surface area (Å²) >= 11 is 0. The normalized spacial score (nSPS) is 10.5. The Hall–Kier alpha value is -2.09. The lowest BCUT2D eigenvalue weighted by atomic mass is 10.0. The minimum Gasteiger partial charge on any atom is -0.490 e. The molecular weight excluding hydrogens is 236 g/mol. The number of carbonyl (C=O) groups is 1. The van der Waals surface area contributed by atoms with Gasteiger partial charge in [0.2, 0.25) is 0 Å². The van der Waals surface area contributed by atoms with Gasteiger partial charge in [0.15, 0.2) is 5.78 Å². The van der Waals surface area contributed by atoms with Crippen molar-refractivity contribution in [1.82, 2.24) is 0 Å². The van der Waals surface area contributed by atoms with E-state index >= 15 is 0 Å². The minimum atomic E-state index is 0.0608. The van der Waals surface area contributed by atoms with Crippen LogP contribution in [-0.2, 0) is 6.42 Å². The van der Waals surface area contributed by atoms with Crippen LogP contribution < -0.4 is 4.74 Å². The number of ether oxygens (including phenoxy) is 1. The molecule has 0 aliphatic rings. The fraction of sp³-hybridized carbons (Fsp3) is 0.235. The lowest BCUT2D eigenvalue weighted by Crippen LogP contribution is -2.11. The molecular formula is C17H18O2. The van der Waals surface area contributed by atoms with Crippen molar-refractivity contribution < 1.29 is 9.53 Å². The summed E-state index contributed by atoms with van der Waals surface area (Å²) in [4.78, 5) is 12.3. The van der Waals surface area contributed by atoms with E-state index in [1.54, 1.807) is 0 Å². The number of para-hydroxylation sites is 1. The predicted molar refractivity (Wildman–Crippen MR) is 76.7 cm³/mol. The molecule has 0 aliphatic heterocycles. The van der Waals surface area contributed by atoms with Crippen LogP contribution in [0.1, 0.15) is 29.8 Å². The molecule has 0 amide bonds. The van der Waals surface area contributed by atoms with Gasteiger partial charge < -0.3 is 4.74 Å². The molecule has 0 aliphatic carbocycles. The fourth-order valence-electron chi connectivity index (χ4n) is 1.93. The average Bonchev–Trinajstić information content (AvgIpc) is 2.39. The van der Waals surface area contributed by atoms with Crippen LogP contribution >= 0.6 is 0 Å². The van der Waals surface area contributed by atoms with E-state index in [1.807, 2.05) is 68.4 Å². The highest BCUT2D eigenvalue weighted by molar-refractivity contribution is 5.99. The number of hydrogen-bond acceptors (Lipinski definition) is 2. The van der Waals surface area contributed by atoms with E-state index in [2.05, 4.69) is 0 Å².